The molecular formula is C27H37N9O3. The number of nitrogen functional groups attached to an aromatic ring is 1. The second-order valence-corrected chi connectivity index (χ2v) is 11.8. The first-order valence-electron chi connectivity index (χ1n) is 13.6. The van der Waals surface area contributed by atoms with Gasteiger partial charge < -0.3 is 21.1 Å². The van der Waals surface area contributed by atoms with Crippen LogP contribution in [0, 0.1) is 5.41 Å². The summed E-state index contributed by atoms with van der Waals surface area (Å²) >= 11 is 0. The van der Waals surface area contributed by atoms with E-state index in [0.717, 1.165) is 43.4 Å². The predicted octanol–water partition coefficient (Wildman–Crippen LogP) is 1.76. The van der Waals surface area contributed by atoms with Crippen LogP contribution < -0.4 is 11.1 Å². The average Bonchev–Trinajstić information content (AvgIpc) is 3.49. The highest BCUT2D eigenvalue weighted by Gasteiger charge is 2.45. The molecule has 4 N–H and O–H groups in total. The molecule has 0 spiro atoms. The van der Waals surface area contributed by atoms with Crippen LogP contribution >= 0.6 is 0 Å². The molecule has 0 bridgehead atoms. The number of hydrogen-bond donors (Lipinski definition) is 3. The zero-order valence-electron chi connectivity index (χ0n) is 22.7. The maximum Gasteiger partial charge on any atom is 0.248 e. The Balaban J connectivity index is 1.17. The Morgan fingerprint density at radius 2 is 2.00 bits per heavy atom. The summed E-state index contributed by atoms with van der Waals surface area (Å²) in [5.41, 5.74) is 8.62. The maximum absolute atomic E-state index is 13.8. The summed E-state index contributed by atoms with van der Waals surface area (Å²) in [6.45, 7) is 6.52. The van der Waals surface area contributed by atoms with Crippen LogP contribution in [0.25, 0.3) is 11.0 Å². The fraction of sp³-hybridized carbons (Fsp3) is 0.593. The number of hydrogen-bond acceptors (Lipinski definition) is 9. The zero-order valence-corrected chi connectivity index (χ0v) is 22.7. The van der Waals surface area contributed by atoms with Crippen molar-refractivity contribution in [3.63, 3.8) is 0 Å². The summed E-state index contributed by atoms with van der Waals surface area (Å²) in [5.74, 6) is 0.313. The molecule has 0 radical (unpaired) electrons. The van der Waals surface area contributed by atoms with E-state index in [1.165, 1.54) is 11.2 Å². The molecule has 2 amide bonds. The maximum atomic E-state index is 13.8. The fourth-order valence-corrected chi connectivity index (χ4v) is 5.25. The molecule has 4 heterocycles. The number of anilines is 1. The third-order valence-electron chi connectivity index (χ3n) is 7.46. The molecule has 12 heteroatoms. The monoisotopic (exact) mass is 535 g/mol. The first-order valence-corrected chi connectivity index (χ1v) is 13.6. The molecule has 3 aromatic rings. The average molecular weight is 536 g/mol. The van der Waals surface area contributed by atoms with Crippen molar-refractivity contribution in [1.82, 2.24) is 40.2 Å². The van der Waals surface area contributed by atoms with Gasteiger partial charge in [-0.05, 0) is 49.1 Å². The molecule has 2 aliphatic rings. The Morgan fingerprint density at radius 1 is 1.21 bits per heavy atom. The summed E-state index contributed by atoms with van der Waals surface area (Å²) in [5, 5.41) is 21.9. The van der Waals surface area contributed by atoms with E-state index in [0.29, 0.717) is 29.3 Å². The number of aliphatic hydroxyl groups is 1. The number of β-amino-alcohol motifs (C(OH)–C–C–N with tert-alkyl or cyclic N) is 1. The van der Waals surface area contributed by atoms with E-state index in [9.17, 15) is 14.7 Å². The smallest absolute Gasteiger partial charge is 0.248 e. The molecule has 1 saturated heterocycles. The molecule has 0 unspecified atom stereocenters. The number of carbonyl (C=O) groups is 2. The Hall–Kier alpha value is -3.67. The zero-order chi connectivity index (χ0) is 27.7. The summed E-state index contributed by atoms with van der Waals surface area (Å²) in [4.78, 5) is 41.0. The Bertz CT molecular complexity index is 1350. The first kappa shape index (κ1) is 26.9. The van der Waals surface area contributed by atoms with Gasteiger partial charge in [-0.1, -0.05) is 26.0 Å². The second-order valence-electron chi connectivity index (χ2n) is 11.8. The van der Waals surface area contributed by atoms with Crippen molar-refractivity contribution in [3.05, 3.63) is 36.0 Å². The van der Waals surface area contributed by atoms with Crippen LogP contribution in [0.4, 0.5) is 5.82 Å². The lowest BCUT2D eigenvalue weighted by atomic mass is 9.85. The lowest BCUT2D eigenvalue weighted by Gasteiger charge is -2.34. The molecule has 1 saturated carbocycles. The number of carbonyl (C=O) groups excluding carboxylic acids is 2. The Labute approximate surface area is 227 Å². The van der Waals surface area contributed by atoms with Crippen LogP contribution in [0.1, 0.15) is 76.1 Å². The minimum atomic E-state index is -0.749. The Kier molecular flexibility index (Phi) is 7.48. The molecule has 5 rings (SSSR count). The number of nitrogens with two attached hydrogens (primary N) is 1. The quantitative estimate of drug-likeness (QED) is 0.346. The van der Waals surface area contributed by atoms with Crippen molar-refractivity contribution in [3.8, 4) is 0 Å². The van der Waals surface area contributed by atoms with Crippen LogP contribution in [-0.4, -0.2) is 77.0 Å². The van der Waals surface area contributed by atoms with Crippen LogP contribution in [0.5, 0.6) is 0 Å². The van der Waals surface area contributed by atoms with Crippen LogP contribution in [-0.2, 0) is 16.0 Å². The van der Waals surface area contributed by atoms with Gasteiger partial charge in [0.1, 0.15) is 23.9 Å². The first-order chi connectivity index (χ1) is 18.6. The largest absolute Gasteiger partial charge is 0.391 e. The third-order valence-corrected chi connectivity index (χ3v) is 7.46. The number of pyridine rings is 1. The molecule has 12 nitrogen and oxygen atoms in total. The van der Waals surface area contributed by atoms with Crippen molar-refractivity contribution in [2.24, 2.45) is 5.41 Å². The van der Waals surface area contributed by atoms with Gasteiger partial charge >= 0.3 is 0 Å². The van der Waals surface area contributed by atoms with Crippen LogP contribution in [0.15, 0.2) is 24.8 Å². The van der Waals surface area contributed by atoms with Gasteiger partial charge in [-0.3, -0.25) is 14.6 Å². The number of nitrogens with one attached hydrogen (secondary N) is 1. The summed E-state index contributed by atoms with van der Waals surface area (Å²) in [7, 11) is 0. The van der Waals surface area contributed by atoms with Crippen molar-refractivity contribution in [2.75, 3.05) is 18.8 Å². The van der Waals surface area contributed by atoms with E-state index < -0.39 is 23.6 Å². The number of aryl methyl sites for hydroxylation is 1. The fourth-order valence-electron chi connectivity index (χ4n) is 5.25. The van der Waals surface area contributed by atoms with E-state index in [-0.39, 0.29) is 24.8 Å². The number of unbranched alkanes of at least 4 members (excludes halogenated alkanes) is 1. The topological polar surface area (TPSA) is 165 Å². The third kappa shape index (κ3) is 6.00. The van der Waals surface area contributed by atoms with Gasteiger partial charge in [0.05, 0.1) is 17.3 Å². The van der Waals surface area contributed by atoms with E-state index in [1.54, 1.807) is 10.9 Å². The minimum Gasteiger partial charge on any atom is -0.391 e. The lowest BCUT2D eigenvalue weighted by Crippen LogP contribution is -2.50. The van der Waals surface area contributed by atoms with Gasteiger partial charge in [0.25, 0.3) is 0 Å². The highest BCUT2D eigenvalue weighted by Crippen LogP contribution is 2.40. The molecule has 1 aliphatic heterocycles. The van der Waals surface area contributed by atoms with Crippen molar-refractivity contribution >= 4 is 28.7 Å². The summed E-state index contributed by atoms with van der Waals surface area (Å²) in [6, 6.07) is 0.601. The number of fused-ring (bicyclic) bond motifs is 1. The Morgan fingerprint density at radius 3 is 2.74 bits per heavy atom. The molecule has 1 aliphatic carbocycles. The van der Waals surface area contributed by atoms with Crippen LogP contribution in [0.2, 0.25) is 0 Å². The van der Waals surface area contributed by atoms with E-state index in [4.69, 9.17) is 5.73 Å². The molecule has 3 aromatic heterocycles. The molecule has 0 aromatic carbocycles. The number of likely N-dealkylation sites (tertiary alicyclic amines) is 1. The van der Waals surface area contributed by atoms with Gasteiger partial charge in [0, 0.05) is 37.8 Å². The van der Waals surface area contributed by atoms with Crippen molar-refractivity contribution in [1.29, 1.82) is 0 Å². The SMILES string of the molecule is CC(C)(C)[C@@H](C(=O)N1C[C@H](O)C[C@H]1C(=O)NCCCCc1cnc2c(N)ncnc2c1)n1cc(C2CC2)nn1. The van der Waals surface area contributed by atoms with Gasteiger partial charge in [0.2, 0.25) is 11.8 Å². The molecule has 2 fully saturated rings. The second kappa shape index (κ2) is 10.8. The minimum absolute atomic E-state index is 0.122. The summed E-state index contributed by atoms with van der Waals surface area (Å²) in [6.07, 6.45) is 9.09. The number of nitrogens with zero attached hydrogens (tertiary/aromatic N) is 7. The number of aliphatic hydroxyl groups excluding tert-OH is 1. The van der Waals surface area contributed by atoms with Crippen molar-refractivity contribution in [2.45, 2.75) is 83.4 Å². The molecular weight excluding hydrogens is 498 g/mol. The van der Waals surface area contributed by atoms with E-state index in [2.05, 4.69) is 30.6 Å². The molecule has 39 heavy (non-hydrogen) atoms. The molecule has 3 atom stereocenters. The molecule has 208 valence electrons. The number of amides is 2. The van der Waals surface area contributed by atoms with Gasteiger partial charge in [-0.25, -0.2) is 14.6 Å². The van der Waals surface area contributed by atoms with Crippen LogP contribution in [0.3, 0.4) is 0 Å². The van der Waals surface area contributed by atoms with Gasteiger partial charge in [-0.2, -0.15) is 0 Å². The van der Waals surface area contributed by atoms with Gasteiger partial charge in [-0.15, -0.1) is 5.10 Å². The van der Waals surface area contributed by atoms with Gasteiger partial charge in [0.15, 0.2) is 5.82 Å². The number of aromatic nitrogens is 6. The van der Waals surface area contributed by atoms with Crippen molar-refractivity contribution < 1.29 is 14.7 Å². The lowest BCUT2D eigenvalue weighted by molar-refractivity contribution is -0.144. The van der Waals surface area contributed by atoms with E-state index in [1.807, 2.05) is 33.0 Å². The normalized spacial score (nSPS) is 20.4. The van der Waals surface area contributed by atoms with E-state index >= 15 is 0 Å². The highest BCUT2D eigenvalue weighted by atomic mass is 16.3. The number of rotatable bonds is 9. The highest BCUT2D eigenvalue weighted by molar-refractivity contribution is 5.90. The standard InChI is InChI=1S/C27H37N9O3/c1-27(2,3)23(36-14-20(33-34-36)17-7-8-17)26(39)35-13-18(37)11-21(35)25(38)29-9-5-4-6-16-10-19-22(30-12-16)24(28)32-15-31-19/h10,12,14-15,17-18,21,23,37H,4-9,11,13H2,1-3H3,(H,29,38)(H2,28,31,32)/t18-,21+,23-/m1/s1. The summed E-state index contributed by atoms with van der Waals surface area (Å²) < 4.78 is 1.64. The predicted molar refractivity (Wildman–Crippen MR) is 144 cm³/mol.